The van der Waals surface area contributed by atoms with Gasteiger partial charge in [0.05, 0.1) is 6.51 Å². The summed E-state index contributed by atoms with van der Waals surface area (Å²) < 4.78 is 41.7. The van der Waals surface area contributed by atoms with Crippen LogP contribution in [-0.2, 0) is 6.42 Å². The van der Waals surface area contributed by atoms with Crippen LogP contribution >= 0.6 is 11.6 Å². The molecule has 0 radical (unpaired) electrons. The van der Waals surface area contributed by atoms with Crippen LogP contribution in [0.5, 0.6) is 5.75 Å². The second kappa shape index (κ2) is 8.60. The van der Waals surface area contributed by atoms with E-state index in [1.165, 1.54) is 12.1 Å². The van der Waals surface area contributed by atoms with Crippen LogP contribution in [0.2, 0.25) is 5.02 Å². The second-order valence-corrected chi connectivity index (χ2v) is 4.87. The number of hydrogen-bond donors (Lipinski definition) is 0. The molecule has 1 nitrogen and oxygen atoms in total. The van der Waals surface area contributed by atoms with Gasteiger partial charge in [-0.15, -0.1) is 0 Å². The molecule has 0 spiro atoms. The fraction of sp³-hybridized carbons (Fsp3) is 0.143. The fourth-order valence-corrected chi connectivity index (χ4v) is 2.02. The van der Waals surface area contributed by atoms with Gasteiger partial charge >= 0.3 is 58.4 Å². The van der Waals surface area contributed by atoms with Crippen molar-refractivity contribution in [1.29, 1.82) is 0 Å². The zero-order valence-corrected chi connectivity index (χ0v) is 15.4. The molecule has 0 unspecified atom stereocenters. The zero-order chi connectivity index (χ0) is 14.6. The Labute approximate surface area is 169 Å². The second-order valence-electron chi connectivity index (χ2n) is 4.44. The summed E-state index contributed by atoms with van der Waals surface area (Å²) in [5.41, 5.74) is 1.63. The predicted octanol–water partition coefficient (Wildman–Crippen LogP) is 1.70. The topological polar surface area (TPSA) is 9.23 Å². The minimum atomic E-state index is -4.97. The molecular weight excluding hydrogens is 327 g/mol. The van der Waals surface area contributed by atoms with E-state index < -0.39 is 13.5 Å². The number of rotatable bonds is 5. The van der Waals surface area contributed by atoms with Crippen LogP contribution in [0.3, 0.4) is 0 Å². The van der Waals surface area contributed by atoms with Crippen LogP contribution in [0.15, 0.2) is 48.5 Å². The molecule has 0 aliphatic carbocycles. The maximum absolute atomic E-state index is 12.3. The van der Waals surface area contributed by atoms with Gasteiger partial charge in [-0.1, -0.05) is 41.9 Å². The smallest absolute Gasteiger partial charge is 0.521 e. The van der Waals surface area contributed by atoms with Gasteiger partial charge in [-0.25, -0.2) is 0 Å². The van der Waals surface area contributed by atoms with Crippen molar-refractivity contribution in [3.05, 3.63) is 64.7 Å². The molecule has 2 aromatic rings. The minimum Gasteiger partial charge on any atom is -0.521 e. The molecule has 0 bridgehead atoms. The molecule has 106 valence electrons. The maximum Gasteiger partial charge on any atom is 1.00 e. The summed E-state index contributed by atoms with van der Waals surface area (Å²) in [5.74, 6) is 0.220. The quantitative estimate of drug-likeness (QED) is 0.754. The summed E-state index contributed by atoms with van der Waals surface area (Å²) in [4.78, 5) is 0. The third kappa shape index (κ3) is 6.76. The van der Waals surface area contributed by atoms with Gasteiger partial charge in [0.2, 0.25) is 0 Å². The van der Waals surface area contributed by atoms with Crippen LogP contribution in [0.4, 0.5) is 12.9 Å². The molecule has 0 heterocycles. The molecule has 0 saturated heterocycles. The summed E-state index contributed by atoms with van der Waals surface area (Å²) in [6.45, 7) is -6.22. The Morgan fingerprint density at radius 2 is 1.67 bits per heavy atom. The van der Waals surface area contributed by atoms with E-state index in [9.17, 15) is 12.9 Å². The summed E-state index contributed by atoms with van der Waals surface area (Å²) in [6, 6.07) is 14.1. The third-order valence-corrected chi connectivity index (χ3v) is 2.92. The average Bonchev–Trinajstić information content (AvgIpc) is 2.38. The van der Waals surface area contributed by atoms with Crippen molar-refractivity contribution < 1.29 is 69.1 Å². The Morgan fingerprint density at radius 1 is 1.00 bits per heavy atom. The molecule has 0 aliphatic rings. The molecule has 0 N–H and O–H groups in total. The van der Waals surface area contributed by atoms with E-state index in [4.69, 9.17) is 16.3 Å². The van der Waals surface area contributed by atoms with Crippen molar-refractivity contribution in [2.75, 3.05) is 6.51 Å². The molecule has 0 atom stereocenters. The zero-order valence-electron chi connectivity index (χ0n) is 11.5. The molecule has 2 aromatic carbocycles. The van der Waals surface area contributed by atoms with E-state index >= 15 is 0 Å². The van der Waals surface area contributed by atoms with Crippen LogP contribution in [0.25, 0.3) is 0 Å². The number of halogens is 4. The van der Waals surface area contributed by atoms with E-state index in [0.29, 0.717) is 17.0 Å². The van der Waals surface area contributed by atoms with Crippen molar-refractivity contribution in [2.24, 2.45) is 0 Å². The average molecular weight is 339 g/mol. The van der Waals surface area contributed by atoms with Crippen molar-refractivity contribution >= 4 is 18.6 Å². The first-order valence-corrected chi connectivity index (χ1v) is 6.48. The molecule has 0 fully saturated rings. The van der Waals surface area contributed by atoms with Crippen molar-refractivity contribution in [2.45, 2.75) is 6.42 Å². The molecule has 0 amide bonds. The third-order valence-electron chi connectivity index (χ3n) is 2.69. The SMILES string of the molecule is F[B-](F)(F)COc1ccc(Cl)cc1Cc1ccccc1.[K+]. The van der Waals surface area contributed by atoms with Gasteiger partial charge in [0.15, 0.2) is 0 Å². The minimum absolute atomic E-state index is 0. The van der Waals surface area contributed by atoms with Gasteiger partial charge in [0.25, 0.3) is 0 Å². The summed E-state index contributed by atoms with van der Waals surface area (Å²) >= 11 is 5.90. The Hall–Kier alpha value is 0.0213. The van der Waals surface area contributed by atoms with Gasteiger partial charge in [-0.3, -0.25) is 0 Å². The van der Waals surface area contributed by atoms with E-state index in [1.54, 1.807) is 6.07 Å². The Morgan fingerprint density at radius 3 is 2.29 bits per heavy atom. The molecule has 0 saturated carbocycles. The van der Waals surface area contributed by atoms with Gasteiger partial charge in [0.1, 0.15) is 5.75 Å². The Balaban J connectivity index is 0.00000220. The normalized spacial score (nSPS) is 10.9. The molecule has 2 rings (SSSR count). The van der Waals surface area contributed by atoms with Crippen molar-refractivity contribution in [3.63, 3.8) is 0 Å². The first-order chi connectivity index (χ1) is 9.44. The number of ether oxygens (including phenoxy) is 1. The monoisotopic (exact) mass is 338 g/mol. The maximum atomic E-state index is 12.3. The number of hydrogen-bond acceptors (Lipinski definition) is 1. The fourth-order valence-electron chi connectivity index (χ4n) is 1.83. The first kappa shape index (κ1) is 19.1. The van der Waals surface area contributed by atoms with E-state index in [1.807, 2.05) is 30.3 Å². The number of benzene rings is 2. The summed E-state index contributed by atoms with van der Waals surface area (Å²) in [6.07, 6.45) is 0.474. The molecule has 0 aliphatic heterocycles. The van der Waals surface area contributed by atoms with Crippen molar-refractivity contribution in [1.82, 2.24) is 0 Å². The predicted molar refractivity (Wildman–Crippen MR) is 75.3 cm³/mol. The van der Waals surface area contributed by atoms with Crippen LogP contribution < -0.4 is 56.1 Å². The van der Waals surface area contributed by atoms with E-state index in [-0.39, 0.29) is 57.1 Å². The molecule has 21 heavy (non-hydrogen) atoms. The standard InChI is InChI=1S/C14H12BClF3O.K/c16-13-6-7-14(20-10-15(17,18)19)12(9-13)8-11-4-2-1-3-5-11;/h1-7,9H,8,10H2;/q-1;+1. The first-order valence-electron chi connectivity index (χ1n) is 6.10. The van der Waals surface area contributed by atoms with Crippen LogP contribution in [-0.4, -0.2) is 13.5 Å². The van der Waals surface area contributed by atoms with Crippen LogP contribution in [0.1, 0.15) is 11.1 Å². The summed E-state index contributed by atoms with van der Waals surface area (Å²) in [5, 5.41) is 0.473. The molecular formula is C14H12BClF3KO. The van der Waals surface area contributed by atoms with E-state index in [0.717, 1.165) is 5.56 Å². The Kier molecular flexibility index (Phi) is 7.81. The van der Waals surface area contributed by atoms with Crippen LogP contribution in [0, 0.1) is 0 Å². The van der Waals surface area contributed by atoms with Gasteiger partial charge < -0.3 is 17.7 Å². The van der Waals surface area contributed by atoms with Crippen molar-refractivity contribution in [3.8, 4) is 5.75 Å². The van der Waals surface area contributed by atoms with E-state index in [2.05, 4.69) is 0 Å². The summed E-state index contributed by atoms with van der Waals surface area (Å²) in [7, 11) is 0. The van der Waals surface area contributed by atoms with Gasteiger partial charge in [-0.05, 0) is 29.3 Å². The molecule has 0 aromatic heterocycles. The largest absolute Gasteiger partial charge is 1.00 e. The Bertz CT molecular complexity index is 578. The van der Waals surface area contributed by atoms with Gasteiger partial charge in [-0.2, -0.15) is 0 Å². The van der Waals surface area contributed by atoms with Gasteiger partial charge in [0, 0.05) is 11.4 Å². The molecule has 7 heteroatoms.